The van der Waals surface area contributed by atoms with Crippen molar-refractivity contribution in [2.45, 2.75) is 25.9 Å². The summed E-state index contributed by atoms with van der Waals surface area (Å²) in [5, 5.41) is 2.18. The molecule has 0 spiro atoms. The third-order valence-electron chi connectivity index (χ3n) is 3.02. The largest absolute Gasteiger partial charge is 0.369 e. The lowest BCUT2D eigenvalue weighted by molar-refractivity contribution is 0.737. The average molecular weight is 418 g/mol. The SMILES string of the molecule is CC(N)Cc1ccc(N(C)Cc2csc(Br)c2)c(Br)c1. The second-order valence-electron chi connectivity index (χ2n) is 5.08. The molecule has 2 N–H and O–H groups in total. The predicted octanol–water partition coefficient (Wildman–Crippen LogP) is 4.80. The summed E-state index contributed by atoms with van der Waals surface area (Å²) in [5.41, 5.74) is 9.62. The van der Waals surface area contributed by atoms with Gasteiger partial charge in [-0.2, -0.15) is 0 Å². The number of benzene rings is 1. The van der Waals surface area contributed by atoms with E-state index in [1.54, 1.807) is 11.3 Å². The van der Waals surface area contributed by atoms with Gasteiger partial charge in [0.25, 0.3) is 0 Å². The van der Waals surface area contributed by atoms with Crippen LogP contribution in [0, 0.1) is 0 Å². The summed E-state index contributed by atoms with van der Waals surface area (Å²) in [5.74, 6) is 0. The molecule has 20 heavy (non-hydrogen) atoms. The molecular formula is C15H18Br2N2S. The smallest absolute Gasteiger partial charge is 0.0701 e. The molecule has 0 amide bonds. The Bertz CT molecular complexity index is 581. The van der Waals surface area contributed by atoms with Crippen molar-refractivity contribution in [3.05, 3.63) is 49.0 Å². The number of thiophene rings is 1. The van der Waals surface area contributed by atoms with Crippen LogP contribution in [0.25, 0.3) is 0 Å². The maximum atomic E-state index is 5.85. The van der Waals surface area contributed by atoms with E-state index in [4.69, 9.17) is 5.73 Å². The first-order chi connectivity index (χ1) is 9.45. The Hall–Kier alpha value is -0.360. The van der Waals surface area contributed by atoms with Crippen LogP contribution < -0.4 is 10.6 Å². The van der Waals surface area contributed by atoms with Crippen molar-refractivity contribution < 1.29 is 0 Å². The summed E-state index contributed by atoms with van der Waals surface area (Å²) in [7, 11) is 2.11. The molecule has 1 unspecified atom stereocenters. The first-order valence-corrected chi connectivity index (χ1v) is 8.90. The summed E-state index contributed by atoms with van der Waals surface area (Å²) in [6.07, 6.45) is 0.903. The van der Waals surface area contributed by atoms with Crippen LogP contribution in [-0.2, 0) is 13.0 Å². The standard InChI is InChI=1S/C15H18Br2N2S/c1-10(18)5-11-3-4-14(13(16)6-11)19(2)8-12-7-15(17)20-9-12/h3-4,6-7,9-10H,5,8,18H2,1-2H3. The number of halogens is 2. The van der Waals surface area contributed by atoms with Gasteiger partial charge in [0, 0.05) is 24.1 Å². The van der Waals surface area contributed by atoms with E-state index >= 15 is 0 Å². The summed E-state index contributed by atoms with van der Waals surface area (Å²) in [6, 6.07) is 8.83. The van der Waals surface area contributed by atoms with Crippen LogP contribution in [0.3, 0.4) is 0 Å². The number of nitrogens with zero attached hydrogens (tertiary/aromatic N) is 1. The minimum atomic E-state index is 0.189. The molecule has 0 saturated carbocycles. The van der Waals surface area contributed by atoms with E-state index < -0.39 is 0 Å². The molecule has 0 aliphatic carbocycles. The number of anilines is 1. The highest BCUT2D eigenvalue weighted by Gasteiger charge is 2.09. The molecule has 2 rings (SSSR count). The Morgan fingerprint density at radius 1 is 1.25 bits per heavy atom. The molecule has 1 aromatic heterocycles. The molecule has 1 heterocycles. The summed E-state index contributed by atoms with van der Waals surface area (Å²) in [4.78, 5) is 2.24. The molecule has 5 heteroatoms. The van der Waals surface area contributed by atoms with Crippen LogP contribution in [-0.4, -0.2) is 13.1 Å². The second kappa shape index (κ2) is 7.07. The van der Waals surface area contributed by atoms with E-state index in [-0.39, 0.29) is 6.04 Å². The molecule has 108 valence electrons. The van der Waals surface area contributed by atoms with Crippen LogP contribution in [0.5, 0.6) is 0 Å². The van der Waals surface area contributed by atoms with E-state index in [0.717, 1.165) is 17.4 Å². The highest BCUT2D eigenvalue weighted by atomic mass is 79.9. The minimum absolute atomic E-state index is 0.189. The predicted molar refractivity (Wildman–Crippen MR) is 95.6 cm³/mol. The molecule has 1 atom stereocenters. The van der Waals surface area contributed by atoms with E-state index in [1.165, 1.54) is 20.6 Å². The summed E-state index contributed by atoms with van der Waals surface area (Å²) in [6.45, 7) is 2.93. The van der Waals surface area contributed by atoms with Crippen molar-refractivity contribution in [1.29, 1.82) is 0 Å². The Morgan fingerprint density at radius 3 is 2.55 bits per heavy atom. The van der Waals surface area contributed by atoms with Crippen LogP contribution in [0.1, 0.15) is 18.1 Å². The summed E-state index contributed by atoms with van der Waals surface area (Å²) >= 11 is 8.89. The highest BCUT2D eigenvalue weighted by molar-refractivity contribution is 9.11. The molecule has 0 saturated heterocycles. The maximum Gasteiger partial charge on any atom is 0.0701 e. The van der Waals surface area contributed by atoms with Gasteiger partial charge in [0.1, 0.15) is 0 Å². The molecule has 2 nitrogen and oxygen atoms in total. The lowest BCUT2D eigenvalue weighted by Crippen LogP contribution is -2.19. The Morgan fingerprint density at radius 2 is 2.00 bits per heavy atom. The molecule has 2 aromatic rings. The van der Waals surface area contributed by atoms with Crippen molar-refractivity contribution in [1.82, 2.24) is 0 Å². The van der Waals surface area contributed by atoms with Crippen molar-refractivity contribution in [3.8, 4) is 0 Å². The normalized spacial score (nSPS) is 12.4. The van der Waals surface area contributed by atoms with Gasteiger partial charge in [-0.3, -0.25) is 0 Å². The molecule has 0 radical (unpaired) electrons. The fourth-order valence-corrected chi connectivity index (χ4v) is 4.08. The number of nitrogens with two attached hydrogens (primary N) is 1. The van der Waals surface area contributed by atoms with Crippen LogP contribution >= 0.6 is 43.2 Å². The van der Waals surface area contributed by atoms with Gasteiger partial charge < -0.3 is 10.6 Å². The van der Waals surface area contributed by atoms with Gasteiger partial charge in [-0.1, -0.05) is 6.07 Å². The van der Waals surface area contributed by atoms with Crippen molar-refractivity contribution in [2.24, 2.45) is 5.73 Å². The van der Waals surface area contributed by atoms with Gasteiger partial charge >= 0.3 is 0 Å². The van der Waals surface area contributed by atoms with Gasteiger partial charge in [0.2, 0.25) is 0 Å². The summed E-state index contributed by atoms with van der Waals surface area (Å²) < 4.78 is 2.29. The zero-order valence-electron chi connectivity index (χ0n) is 11.6. The van der Waals surface area contributed by atoms with Crippen molar-refractivity contribution in [2.75, 3.05) is 11.9 Å². The van der Waals surface area contributed by atoms with Crippen LogP contribution in [0.15, 0.2) is 37.9 Å². The molecular weight excluding hydrogens is 400 g/mol. The number of hydrogen-bond donors (Lipinski definition) is 1. The minimum Gasteiger partial charge on any atom is -0.369 e. The fraction of sp³-hybridized carbons (Fsp3) is 0.333. The van der Waals surface area contributed by atoms with E-state index in [0.29, 0.717) is 0 Å². The fourth-order valence-electron chi connectivity index (χ4n) is 2.15. The van der Waals surface area contributed by atoms with Crippen molar-refractivity contribution in [3.63, 3.8) is 0 Å². The van der Waals surface area contributed by atoms with Crippen LogP contribution in [0.2, 0.25) is 0 Å². The van der Waals surface area contributed by atoms with Crippen LogP contribution in [0.4, 0.5) is 5.69 Å². The van der Waals surface area contributed by atoms with Gasteiger partial charge in [-0.15, -0.1) is 11.3 Å². The topological polar surface area (TPSA) is 29.3 Å². The first kappa shape index (κ1) is 16.0. The lowest BCUT2D eigenvalue weighted by Gasteiger charge is -2.21. The molecule has 0 fully saturated rings. The van der Waals surface area contributed by atoms with Gasteiger partial charge in [0.15, 0.2) is 0 Å². The average Bonchev–Trinajstić information content (AvgIpc) is 2.73. The van der Waals surface area contributed by atoms with E-state index in [9.17, 15) is 0 Å². The molecule has 0 aliphatic rings. The van der Waals surface area contributed by atoms with E-state index in [1.807, 2.05) is 6.92 Å². The zero-order chi connectivity index (χ0) is 14.7. The monoisotopic (exact) mass is 416 g/mol. The quantitative estimate of drug-likeness (QED) is 0.756. The molecule has 1 aromatic carbocycles. The zero-order valence-corrected chi connectivity index (χ0v) is 15.6. The first-order valence-electron chi connectivity index (χ1n) is 6.43. The van der Waals surface area contributed by atoms with E-state index in [2.05, 4.69) is 73.5 Å². The number of hydrogen-bond acceptors (Lipinski definition) is 3. The van der Waals surface area contributed by atoms with Gasteiger partial charge in [-0.05, 0) is 79.9 Å². The third kappa shape index (κ3) is 4.32. The van der Waals surface area contributed by atoms with Gasteiger partial charge in [0.05, 0.1) is 9.47 Å². The Balaban J connectivity index is 2.11. The second-order valence-corrected chi connectivity index (χ2v) is 8.23. The molecule has 0 bridgehead atoms. The maximum absolute atomic E-state index is 5.85. The van der Waals surface area contributed by atoms with Gasteiger partial charge in [-0.25, -0.2) is 0 Å². The van der Waals surface area contributed by atoms with Crippen molar-refractivity contribution >= 4 is 48.9 Å². The Labute approximate surface area is 141 Å². The lowest BCUT2D eigenvalue weighted by atomic mass is 10.1. The highest BCUT2D eigenvalue weighted by Crippen LogP contribution is 2.29. The molecule has 0 aliphatic heterocycles. The number of rotatable bonds is 5. The Kier molecular flexibility index (Phi) is 5.66. The third-order valence-corrected chi connectivity index (χ3v) is 5.21.